The first-order chi connectivity index (χ1) is 16.2. The first-order valence-electron chi connectivity index (χ1n) is 10.2. The zero-order chi connectivity index (χ0) is 24.8. The minimum absolute atomic E-state index is 0.111. The topological polar surface area (TPSA) is 91.9 Å². The SMILES string of the molecule is COCCOC(=O)C1=C(C)N(C)C(=S)NC1c1ccc(NC(=O)Nc2ccc(F)cc2F)cc1. The molecule has 1 unspecified atom stereocenters. The van der Waals surface area contributed by atoms with Crippen LogP contribution in [0, 0.1) is 11.6 Å². The number of anilines is 2. The molecule has 8 nitrogen and oxygen atoms in total. The van der Waals surface area contributed by atoms with E-state index in [4.69, 9.17) is 21.7 Å². The van der Waals surface area contributed by atoms with Crippen LogP contribution in [-0.2, 0) is 14.3 Å². The Bertz CT molecular complexity index is 1120. The van der Waals surface area contributed by atoms with Crippen molar-refractivity contribution < 1.29 is 27.8 Å². The van der Waals surface area contributed by atoms with Gasteiger partial charge in [0.1, 0.15) is 18.2 Å². The van der Waals surface area contributed by atoms with Crippen molar-refractivity contribution in [3.63, 3.8) is 0 Å². The van der Waals surface area contributed by atoms with Crippen molar-refractivity contribution in [2.45, 2.75) is 13.0 Å². The highest BCUT2D eigenvalue weighted by Crippen LogP contribution is 2.31. The highest BCUT2D eigenvalue weighted by atomic mass is 32.1. The number of methoxy groups -OCH3 is 1. The Labute approximate surface area is 200 Å². The summed E-state index contributed by atoms with van der Waals surface area (Å²) >= 11 is 5.38. The molecule has 0 saturated heterocycles. The van der Waals surface area contributed by atoms with Gasteiger partial charge < -0.3 is 30.3 Å². The first kappa shape index (κ1) is 25.1. The number of carbonyl (C=O) groups excluding carboxylic acids is 2. The average molecular weight is 491 g/mol. The Hall–Kier alpha value is -3.57. The second kappa shape index (κ2) is 11.0. The predicted molar refractivity (Wildman–Crippen MR) is 127 cm³/mol. The molecule has 1 atom stereocenters. The number of halogens is 2. The van der Waals surface area contributed by atoms with Crippen molar-refractivity contribution in [2.24, 2.45) is 0 Å². The molecule has 2 amide bonds. The fourth-order valence-corrected chi connectivity index (χ4v) is 3.53. The molecule has 11 heteroatoms. The standard InChI is InChI=1S/C23H24F2N4O4S/c1-13-19(21(30)33-11-10-32-3)20(28-23(34)29(13)2)14-4-7-16(8-5-14)26-22(31)27-18-9-6-15(24)12-17(18)25/h4-9,12,20H,10-11H2,1-3H3,(H,28,34)(H2,26,27,31). The van der Waals surface area contributed by atoms with Crippen molar-refractivity contribution in [2.75, 3.05) is 38.0 Å². The molecular formula is C23H24F2N4O4S. The van der Waals surface area contributed by atoms with E-state index in [-0.39, 0.29) is 18.9 Å². The normalized spacial score (nSPS) is 15.6. The summed E-state index contributed by atoms with van der Waals surface area (Å²) in [5.41, 5.74) is 2.03. The van der Waals surface area contributed by atoms with E-state index in [1.807, 2.05) is 0 Å². The molecule has 180 valence electrons. The highest BCUT2D eigenvalue weighted by molar-refractivity contribution is 7.80. The molecule has 1 aliphatic heterocycles. The average Bonchev–Trinajstić information content (AvgIpc) is 2.79. The Balaban J connectivity index is 1.75. The second-order valence-electron chi connectivity index (χ2n) is 7.39. The van der Waals surface area contributed by atoms with E-state index < -0.39 is 29.7 Å². The molecule has 0 saturated carbocycles. The van der Waals surface area contributed by atoms with Crippen LogP contribution in [0.15, 0.2) is 53.7 Å². The number of esters is 1. The summed E-state index contributed by atoms with van der Waals surface area (Å²) in [6.45, 7) is 2.16. The lowest BCUT2D eigenvalue weighted by atomic mass is 9.95. The Morgan fingerprint density at radius 1 is 1.12 bits per heavy atom. The zero-order valence-electron chi connectivity index (χ0n) is 18.8. The van der Waals surface area contributed by atoms with E-state index in [1.165, 1.54) is 7.11 Å². The first-order valence-corrected chi connectivity index (χ1v) is 10.7. The molecule has 1 heterocycles. The zero-order valence-corrected chi connectivity index (χ0v) is 19.6. The van der Waals surface area contributed by atoms with E-state index in [2.05, 4.69) is 16.0 Å². The van der Waals surface area contributed by atoms with Crippen molar-refractivity contribution in [3.8, 4) is 0 Å². The minimum atomic E-state index is -0.887. The van der Waals surface area contributed by atoms with Crippen molar-refractivity contribution in [1.82, 2.24) is 10.2 Å². The number of allylic oxidation sites excluding steroid dienone is 1. The van der Waals surface area contributed by atoms with Crippen molar-refractivity contribution in [3.05, 3.63) is 70.9 Å². The lowest BCUT2D eigenvalue weighted by molar-refractivity contribution is -0.140. The third-order valence-corrected chi connectivity index (χ3v) is 5.57. The summed E-state index contributed by atoms with van der Waals surface area (Å²) < 4.78 is 37.0. The number of carbonyl (C=O) groups is 2. The van der Waals surface area contributed by atoms with Crippen LogP contribution >= 0.6 is 12.2 Å². The molecule has 3 rings (SSSR count). The molecule has 0 bridgehead atoms. The third kappa shape index (κ3) is 5.86. The Kier molecular flexibility index (Phi) is 8.13. The van der Waals surface area contributed by atoms with Gasteiger partial charge in [0, 0.05) is 31.6 Å². The van der Waals surface area contributed by atoms with Crippen LogP contribution < -0.4 is 16.0 Å². The number of benzene rings is 2. The molecule has 1 aliphatic rings. The van der Waals surface area contributed by atoms with Gasteiger partial charge in [-0.3, -0.25) is 0 Å². The summed E-state index contributed by atoms with van der Waals surface area (Å²) in [7, 11) is 3.26. The van der Waals surface area contributed by atoms with E-state index in [1.54, 1.807) is 43.1 Å². The fraction of sp³-hybridized carbons (Fsp3) is 0.261. The van der Waals surface area contributed by atoms with E-state index in [0.29, 0.717) is 33.7 Å². The molecule has 0 fully saturated rings. The van der Waals surface area contributed by atoms with Crippen LogP contribution in [-0.4, -0.2) is 49.4 Å². The van der Waals surface area contributed by atoms with E-state index in [0.717, 1.165) is 12.1 Å². The maximum atomic E-state index is 13.7. The van der Waals surface area contributed by atoms with Gasteiger partial charge in [-0.05, 0) is 49.0 Å². The molecule has 3 N–H and O–H groups in total. The molecule has 0 aliphatic carbocycles. The Morgan fingerprint density at radius 3 is 2.47 bits per heavy atom. The van der Waals surface area contributed by atoms with Gasteiger partial charge in [0.05, 0.1) is 23.9 Å². The van der Waals surface area contributed by atoms with Gasteiger partial charge >= 0.3 is 12.0 Å². The third-order valence-electron chi connectivity index (χ3n) is 5.18. The minimum Gasteiger partial charge on any atom is -0.460 e. The molecule has 0 spiro atoms. The van der Waals surface area contributed by atoms with Gasteiger partial charge in [-0.15, -0.1) is 0 Å². The summed E-state index contributed by atoms with van der Waals surface area (Å²) in [4.78, 5) is 26.7. The number of thiocarbonyl (C=S) groups is 1. The number of nitrogens with one attached hydrogen (secondary N) is 3. The second-order valence-corrected chi connectivity index (χ2v) is 7.78. The van der Waals surface area contributed by atoms with Gasteiger partial charge in [0.2, 0.25) is 0 Å². The summed E-state index contributed by atoms with van der Waals surface area (Å²) in [6, 6.07) is 8.28. The summed E-state index contributed by atoms with van der Waals surface area (Å²) in [6.07, 6.45) is 0. The maximum Gasteiger partial charge on any atom is 0.338 e. The lowest BCUT2D eigenvalue weighted by Crippen LogP contribution is -2.46. The number of ether oxygens (including phenoxy) is 2. The Morgan fingerprint density at radius 2 is 1.82 bits per heavy atom. The van der Waals surface area contributed by atoms with Crippen molar-refractivity contribution >= 4 is 40.7 Å². The smallest absolute Gasteiger partial charge is 0.338 e. The molecule has 34 heavy (non-hydrogen) atoms. The van der Waals surface area contributed by atoms with Gasteiger partial charge in [-0.2, -0.15) is 0 Å². The van der Waals surface area contributed by atoms with Gasteiger partial charge in [-0.1, -0.05) is 12.1 Å². The monoisotopic (exact) mass is 490 g/mol. The number of urea groups is 1. The van der Waals surface area contributed by atoms with Crippen LogP contribution in [0.1, 0.15) is 18.5 Å². The molecule has 2 aromatic carbocycles. The van der Waals surface area contributed by atoms with Crippen molar-refractivity contribution in [1.29, 1.82) is 0 Å². The lowest BCUT2D eigenvalue weighted by Gasteiger charge is -2.35. The molecular weight excluding hydrogens is 466 g/mol. The molecule has 0 radical (unpaired) electrons. The van der Waals surface area contributed by atoms with Crippen LogP contribution in [0.2, 0.25) is 0 Å². The maximum absolute atomic E-state index is 13.7. The number of amides is 2. The summed E-state index contributed by atoms with van der Waals surface area (Å²) in [5, 5.41) is 8.47. The van der Waals surface area contributed by atoms with Gasteiger partial charge in [0.15, 0.2) is 5.11 Å². The van der Waals surface area contributed by atoms with Crippen LogP contribution in [0.5, 0.6) is 0 Å². The highest BCUT2D eigenvalue weighted by Gasteiger charge is 2.33. The number of hydrogen-bond acceptors (Lipinski definition) is 5. The number of nitrogens with zero attached hydrogens (tertiary/aromatic N) is 1. The summed E-state index contributed by atoms with van der Waals surface area (Å²) in [5.74, 6) is -2.13. The van der Waals surface area contributed by atoms with Gasteiger partial charge in [0.25, 0.3) is 0 Å². The molecule has 0 aromatic heterocycles. The van der Waals surface area contributed by atoms with Crippen LogP contribution in [0.3, 0.4) is 0 Å². The largest absolute Gasteiger partial charge is 0.460 e. The fourth-order valence-electron chi connectivity index (χ4n) is 3.28. The van der Waals surface area contributed by atoms with Crippen LogP contribution in [0.25, 0.3) is 0 Å². The predicted octanol–water partition coefficient (Wildman–Crippen LogP) is 3.93. The number of hydrogen-bond donors (Lipinski definition) is 3. The molecule has 2 aromatic rings. The van der Waals surface area contributed by atoms with E-state index >= 15 is 0 Å². The van der Waals surface area contributed by atoms with E-state index in [9.17, 15) is 18.4 Å². The number of rotatable bonds is 7. The quantitative estimate of drug-likeness (QED) is 0.308. The van der Waals surface area contributed by atoms with Crippen LogP contribution in [0.4, 0.5) is 25.0 Å². The van der Waals surface area contributed by atoms with Gasteiger partial charge in [-0.25, -0.2) is 18.4 Å².